The Morgan fingerprint density at radius 1 is 1.25 bits per heavy atom. The second-order valence-corrected chi connectivity index (χ2v) is 2.94. The summed E-state index contributed by atoms with van der Waals surface area (Å²) in [5, 5.41) is 0. The number of nitrogens with two attached hydrogens (primary N) is 1. The smallest absolute Gasteiger partial charge is 0.255 e. The standard InChI is InChI=1S/C7H15N3O2/c1-4(2)6(8)7(12)10-9-5(3)11/h4,6H,8H2,1-3H3,(H,9,11)(H,10,12). The molecule has 0 fully saturated rings. The van der Waals surface area contributed by atoms with Gasteiger partial charge in [0.1, 0.15) is 0 Å². The van der Waals surface area contributed by atoms with Crippen molar-refractivity contribution in [3.8, 4) is 0 Å². The highest BCUT2D eigenvalue weighted by Gasteiger charge is 2.16. The van der Waals surface area contributed by atoms with E-state index in [1.54, 1.807) is 0 Å². The fraction of sp³-hybridized carbons (Fsp3) is 0.714. The first-order valence-corrected chi connectivity index (χ1v) is 3.77. The minimum atomic E-state index is -0.586. The van der Waals surface area contributed by atoms with E-state index in [9.17, 15) is 9.59 Å². The third-order valence-electron chi connectivity index (χ3n) is 1.38. The van der Waals surface area contributed by atoms with Crippen molar-refractivity contribution in [1.82, 2.24) is 10.9 Å². The Balaban J connectivity index is 3.80. The molecule has 5 nitrogen and oxygen atoms in total. The zero-order chi connectivity index (χ0) is 9.72. The molecule has 0 aromatic rings. The van der Waals surface area contributed by atoms with Crippen LogP contribution >= 0.6 is 0 Å². The van der Waals surface area contributed by atoms with Crippen molar-refractivity contribution in [2.45, 2.75) is 26.8 Å². The fourth-order valence-corrected chi connectivity index (χ4v) is 0.536. The van der Waals surface area contributed by atoms with Crippen LogP contribution in [0.3, 0.4) is 0 Å². The van der Waals surface area contributed by atoms with E-state index in [4.69, 9.17) is 5.73 Å². The topological polar surface area (TPSA) is 84.2 Å². The first-order valence-electron chi connectivity index (χ1n) is 3.77. The molecule has 5 heteroatoms. The second-order valence-electron chi connectivity index (χ2n) is 2.94. The van der Waals surface area contributed by atoms with Gasteiger partial charge in [-0.2, -0.15) is 0 Å². The zero-order valence-corrected chi connectivity index (χ0v) is 7.55. The molecule has 2 amide bonds. The number of carbonyl (C=O) groups excluding carboxylic acids is 2. The summed E-state index contributed by atoms with van der Waals surface area (Å²) in [6.07, 6.45) is 0. The van der Waals surface area contributed by atoms with Crippen molar-refractivity contribution in [1.29, 1.82) is 0 Å². The summed E-state index contributed by atoms with van der Waals surface area (Å²) in [6, 6.07) is -0.586. The van der Waals surface area contributed by atoms with Crippen LogP contribution in [0.1, 0.15) is 20.8 Å². The van der Waals surface area contributed by atoms with Gasteiger partial charge in [-0.15, -0.1) is 0 Å². The second kappa shape index (κ2) is 4.71. The van der Waals surface area contributed by atoms with E-state index in [0.717, 1.165) is 0 Å². The van der Waals surface area contributed by atoms with Gasteiger partial charge < -0.3 is 5.73 Å². The molecule has 1 unspecified atom stereocenters. The summed E-state index contributed by atoms with van der Waals surface area (Å²) in [4.78, 5) is 21.4. The number of hydrogen-bond acceptors (Lipinski definition) is 3. The van der Waals surface area contributed by atoms with Gasteiger partial charge in [0.2, 0.25) is 5.91 Å². The van der Waals surface area contributed by atoms with Crippen molar-refractivity contribution in [2.75, 3.05) is 0 Å². The normalized spacial score (nSPS) is 12.4. The Morgan fingerprint density at radius 3 is 2.08 bits per heavy atom. The molecule has 0 aromatic heterocycles. The maximum absolute atomic E-state index is 11.0. The molecule has 0 aliphatic rings. The van der Waals surface area contributed by atoms with Gasteiger partial charge in [-0.1, -0.05) is 13.8 Å². The summed E-state index contributed by atoms with van der Waals surface area (Å²) < 4.78 is 0. The molecule has 0 spiro atoms. The van der Waals surface area contributed by atoms with Crippen LogP contribution in [0.4, 0.5) is 0 Å². The lowest BCUT2D eigenvalue weighted by Gasteiger charge is -2.14. The third-order valence-corrected chi connectivity index (χ3v) is 1.38. The predicted octanol–water partition coefficient (Wildman–Crippen LogP) is -0.863. The molecule has 1 atom stereocenters. The average molecular weight is 173 g/mol. The monoisotopic (exact) mass is 173 g/mol. The molecule has 0 bridgehead atoms. The number of carbonyl (C=O) groups is 2. The number of rotatable bonds is 2. The molecule has 0 radical (unpaired) electrons. The van der Waals surface area contributed by atoms with Crippen LogP contribution in [0.5, 0.6) is 0 Å². The summed E-state index contributed by atoms with van der Waals surface area (Å²) in [6.45, 7) is 4.97. The van der Waals surface area contributed by atoms with Gasteiger partial charge >= 0.3 is 0 Å². The zero-order valence-electron chi connectivity index (χ0n) is 7.55. The summed E-state index contributed by atoms with van der Waals surface area (Å²) in [5.74, 6) is -0.640. The Bertz CT molecular complexity index is 179. The average Bonchev–Trinajstić information content (AvgIpc) is 1.98. The molecule has 12 heavy (non-hydrogen) atoms. The van der Waals surface area contributed by atoms with Gasteiger partial charge in [0.25, 0.3) is 5.91 Å². The van der Waals surface area contributed by atoms with Crippen LogP contribution in [0.25, 0.3) is 0 Å². The Hall–Kier alpha value is -1.10. The van der Waals surface area contributed by atoms with Gasteiger partial charge in [0.05, 0.1) is 6.04 Å². The summed E-state index contributed by atoms with van der Waals surface area (Å²) >= 11 is 0. The molecular formula is C7H15N3O2. The minimum absolute atomic E-state index is 0.0544. The summed E-state index contributed by atoms with van der Waals surface area (Å²) in [5.41, 5.74) is 9.85. The SMILES string of the molecule is CC(=O)NNC(=O)C(N)C(C)C. The van der Waals surface area contributed by atoms with E-state index in [1.807, 2.05) is 13.8 Å². The van der Waals surface area contributed by atoms with Gasteiger partial charge in [-0.25, -0.2) is 0 Å². The highest BCUT2D eigenvalue weighted by atomic mass is 16.2. The van der Waals surface area contributed by atoms with Crippen LogP contribution in [-0.2, 0) is 9.59 Å². The maximum Gasteiger partial charge on any atom is 0.255 e. The molecule has 0 aromatic carbocycles. The lowest BCUT2D eigenvalue weighted by molar-refractivity contribution is -0.129. The van der Waals surface area contributed by atoms with E-state index in [2.05, 4.69) is 10.9 Å². The van der Waals surface area contributed by atoms with Gasteiger partial charge in [0.15, 0.2) is 0 Å². The van der Waals surface area contributed by atoms with Gasteiger partial charge in [-0.3, -0.25) is 20.4 Å². The minimum Gasteiger partial charge on any atom is -0.320 e. The lowest BCUT2D eigenvalue weighted by Crippen LogP contribution is -2.50. The van der Waals surface area contributed by atoms with Crippen LogP contribution in [0.2, 0.25) is 0 Å². The number of nitrogens with one attached hydrogen (secondary N) is 2. The van der Waals surface area contributed by atoms with Crippen LogP contribution < -0.4 is 16.6 Å². The largest absolute Gasteiger partial charge is 0.320 e. The molecule has 0 saturated heterocycles. The quantitative estimate of drug-likeness (QED) is 0.475. The van der Waals surface area contributed by atoms with E-state index in [1.165, 1.54) is 6.92 Å². The van der Waals surface area contributed by atoms with Crippen molar-refractivity contribution < 1.29 is 9.59 Å². The van der Waals surface area contributed by atoms with Crippen molar-refractivity contribution in [3.63, 3.8) is 0 Å². The van der Waals surface area contributed by atoms with Crippen molar-refractivity contribution in [2.24, 2.45) is 11.7 Å². The van der Waals surface area contributed by atoms with Gasteiger partial charge in [-0.05, 0) is 5.92 Å². The van der Waals surface area contributed by atoms with Crippen LogP contribution in [0.15, 0.2) is 0 Å². The molecule has 0 aliphatic heterocycles. The number of hydrogen-bond donors (Lipinski definition) is 3. The Morgan fingerprint density at radius 2 is 1.75 bits per heavy atom. The first kappa shape index (κ1) is 10.9. The molecule has 70 valence electrons. The summed E-state index contributed by atoms with van der Waals surface area (Å²) in [7, 11) is 0. The highest BCUT2D eigenvalue weighted by molar-refractivity contribution is 5.84. The van der Waals surface area contributed by atoms with E-state index in [0.29, 0.717) is 0 Å². The van der Waals surface area contributed by atoms with Crippen LogP contribution in [-0.4, -0.2) is 17.9 Å². The Labute approximate surface area is 71.7 Å². The van der Waals surface area contributed by atoms with E-state index < -0.39 is 6.04 Å². The number of amides is 2. The fourth-order valence-electron chi connectivity index (χ4n) is 0.536. The van der Waals surface area contributed by atoms with Crippen molar-refractivity contribution in [3.05, 3.63) is 0 Å². The predicted molar refractivity (Wildman–Crippen MR) is 44.8 cm³/mol. The molecular weight excluding hydrogens is 158 g/mol. The van der Waals surface area contributed by atoms with Crippen molar-refractivity contribution >= 4 is 11.8 Å². The Kier molecular flexibility index (Phi) is 4.28. The lowest BCUT2D eigenvalue weighted by atomic mass is 10.1. The van der Waals surface area contributed by atoms with E-state index in [-0.39, 0.29) is 17.7 Å². The highest BCUT2D eigenvalue weighted by Crippen LogP contribution is 1.96. The molecule has 0 rings (SSSR count). The molecule has 4 N–H and O–H groups in total. The molecule has 0 heterocycles. The van der Waals surface area contributed by atoms with E-state index >= 15 is 0 Å². The van der Waals surface area contributed by atoms with Crippen LogP contribution in [0, 0.1) is 5.92 Å². The third kappa shape index (κ3) is 3.92. The first-order chi connectivity index (χ1) is 5.45. The number of hydrazine groups is 1. The molecule has 0 aliphatic carbocycles. The van der Waals surface area contributed by atoms with Gasteiger partial charge in [0, 0.05) is 6.92 Å². The molecule has 0 saturated carbocycles. The maximum atomic E-state index is 11.0.